The molecular formula is C24H21N3O6. The maximum absolute atomic E-state index is 13.1. The van der Waals surface area contributed by atoms with Crippen LogP contribution >= 0.6 is 0 Å². The smallest absolute Gasteiger partial charge is 0.335 e. The third kappa shape index (κ3) is 4.08. The lowest BCUT2D eigenvalue weighted by atomic mass is 10.1. The first-order valence-electron chi connectivity index (χ1n) is 10.3. The Kier molecular flexibility index (Phi) is 5.70. The normalized spacial score (nSPS) is 16.2. The second-order valence-corrected chi connectivity index (χ2v) is 7.44. The molecule has 1 saturated heterocycles. The first-order valence-corrected chi connectivity index (χ1v) is 10.3. The van der Waals surface area contributed by atoms with E-state index < -0.39 is 29.9 Å². The summed E-state index contributed by atoms with van der Waals surface area (Å²) in [6, 6.07) is 11.8. The van der Waals surface area contributed by atoms with Crippen LogP contribution in [-0.2, 0) is 14.4 Å². The molecule has 1 aromatic heterocycles. The van der Waals surface area contributed by atoms with Crippen molar-refractivity contribution in [2.24, 2.45) is 0 Å². The molecule has 168 valence electrons. The number of imide groups is 2. The molecule has 33 heavy (non-hydrogen) atoms. The third-order valence-corrected chi connectivity index (χ3v) is 5.32. The van der Waals surface area contributed by atoms with Gasteiger partial charge in [-0.15, -0.1) is 0 Å². The molecule has 1 atom stereocenters. The van der Waals surface area contributed by atoms with Gasteiger partial charge < -0.3 is 14.4 Å². The molecule has 1 fully saturated rings. The minimum absolute atomic E-state index is 0.200. The van der Waals surface area contributed by atoms with Crippen molar-refractivity contribution in [1.82, 2.24) is 9.88 Å². The maximum Gasteiger partial charge on any atom is 0.335 e. The molecule has 3 aromatic rings. The molecule has 2 heterocycles. The number of nitrogens with zero attached hydrogens (tertiary/aromatic N) is 2. The predicted molar refractivity (Wildman–Crippen MR) is 121 cm³/mol. The fraction of sp³-hybridized carbons (Fsp3) is 0.167. The summed E-state index contributed by atoms with van der Waals surface area (Å²) in [6.45, 7) is 3.82. The van der Waals surface area contributed by atoms with Gasteiger partial charge in [-0.2, -0.15) is 0 Å². The number of carbonyl (C=O) groups excluding carboxylic acids is 3. The molecular weight excluding hydrogens is 426 g/mol. The van der Waals surface area contributed by atoms with Crippen LogP contribution in [0.2, 0.25) is 0 Å². The molecule has 0 unspecified atom stereocenters. The summed E-state index contributed by atoms with van der Waals surface area (Å²) in [6.07, 6.45) is 3.07. The SMILES string of the molecule is CCOc1cccc(N2C(=O)NC(=O)/C(=C\c3ccc4c(ccn4[C@@H](C)C(=O)O)c3)C2=O)c1. The maximum atomic E-state index is 13.1. The molecule has 0 aliphatic carbocycles. The zero-order valence-corrected chi connectivity index (χ0v) is 17.9. The molecule has 0 saturated carbocycles. The van der Waals surface area contributed by atoms with Crippen molar-refractivity contribution in [2.75, 3.05) is 11.5 Å². The van der Waals surface area contributed by atoms with Gasteiger partial charge in [0, 0.05) is 23.2 Å². The highest BCUT2D eigenvalue weighted by atomic mass is 16.5. The second kappa shape index (κ2) is 8.62. The van der Waals surface area contributed by atoms with E-state index in [9.17, 15) is 24.3 Å². The number of carbonyl (C=O) groups is 4. The highest BCUT2D eigenvalue weighted by Crippen LogP contribution is 2.27. The van der Waals surface area contributed by atoms with Crippen LogP contribution in [0.3, 0.4) is 0 Å². The third-order valence-electron chi connectivity index (χ3n) is 5.32. The summed E-state index contributed by atoms with van der Waals surface area (Å²) >= 11 is 0. The Morgan fingerprint density at radius 1 is 1.15 bits per heavy atom. The lowest BCUT2D eigenvalue weighted by Gasteiger charge is -2.26. The second-order valence-electron chi connectivity index (χ2n) is 7.44. The number of aromatic nitrogens is 1. The van der Waals surface area contributed by atoms with Gasteiger partial charge >= 0.3 is 12.0 Å². The fourth-order valence-electron chi connectivity index (χ4n) is 3.67. The van der Waals surface area contributed by atoms with Gasteiger partial charge in [-0.3, -0.25) is 14.9 Å². The largest absolute Gasteiger partial charge is 0.494 e. The van der Waals surface area contributed by atoms with Crippen LogP contribution < -0.4 is 15.0 Å². The van der Waals surface area contributed by atoms with Crippen molar-refractivity contribution < 1.29 is 29.0 Å². The minimum Gasteiger partial charge on any atom is -0.494 e. The van der Waals surface area contributed by atoms with E-state index in [-0.39, 0.29) is 11.3 Å². The zero-order valence-electron chi connectivity index (χ0n) is 17.9. The Balaban J connectivity index is 1.69. The lowest BCUT2D eigenvalue weighted by molar-refractivity contribution is -0.140. The molecule has 1 aliphatic heterocycles. The Bertz CT molecular complexity index is 1320. The molecule has 2 N–H and O–H groups in total. The van der Waals surface area contributed by atoms with Crippen molar-refractivity contribution in [3.05, 3.63) is 65.9 Å². The summed E-state index contributed by atoms with van der Waals surface area (Å²) in [5.74, 6) is -2.01. The van der Waals surface area contributed by atoms with Gasteiger partial charge in [-0.1, -0.05) is 12.1 Å². The highest BCUT2D eigenvalue weighted by Gasteiger charge is 2.37. The van der Waals surface area contributed by atoms with Crippen LogP contribution in [0, 0.1) is 0 Å². The Labute approximate surface area is 188 Å². The van der Waals surface area contributed by atoms with Crippen molar-refractivity contribution in [1.29, 1.82) is 0 Å². The summed E-state index contributed by atoms with van der Waals surface area (Å²) < 4.78 is 7.06. The minimum atomic E-state index is -0.957. The first-order chi connectivity index (χ1) is 15.8. The molecule has 4 rings (SSSR count). The number of benzene rings is 2. The highest BCUT2D eigenvalue weighted by molar-refractivity contribution is 6.39. The number of fused-ring (bicyclic) bond motifs is 1. The number of amides is 4. The van der Waals surface area contributed by atoms with Crippen LogP contribution in [-0.4, -0.2) is 40.1 Å². The number of hydrogen-bond acceptors (Lipinski definition) is 5. The number of ether oxygens (including phenoxy) is 1. The van der Waals surface area contributed by atoms with E-state index in [1.165, 1.54) is 6.08 Å². The Hall–Kier alpha value is -4.40. The van der Waals surface area contributed by atoms with Crippen molar-refractivity contribution in [2.45, 2.75) is 19.9 Å². The van der Waals surface area contributed by atoms with Crippen molar-refractivity contribution >= 4 is 46.5 Å². The van der Waals surface area contributed by atoms with Gasteiger partial charge in [0.25, 0.3) is 11.8 Å². The summed E-state index contributed by atoms with van der Waals surface area (Å²) in [5.41, 5.74) is 1.33. The van der Waals surface area contributed by atoms with Crippen molar-refractivity contribution in [3.63, 3.8) is 0 Å². The van der Waals surface area contributed by atoms with E-state index in [2.05, 4.69) is 5.32 Å². The van der Waals surface area contributed by atoms with E-state index in [0.29, 0.717) is 23.4 Å². The molecule has 0 radical (unpaired) electrons. The van der Waals surface area contributed by atoms with Crippen LogP contribution in [0.15, 0.2) is 60.3 Å². The van der Waals surface area contributed by atoms with Gasteiger partial charge in [0.1, 0.15) is 17.4 Å². The molecule has 0 spiro atoms. The van der Waals surface area contributed by atoms with E-state index in [0.717, 1.165) is 10.3 Å². The van der Waals surface area contributed by atoms with Gasteiger partial charge in [0.2, 0.25) is 0 Å². The van der Waals surface area contributed by atoms with Crippen molar-refractivity contribution in [3.8, 4) is 5.75 Å². The van der Waals surface area contributed by atoms with E-state index >= 15 is 0 Å². The first kappa shape index (κ1) is 21.8. The average Bonchev–Trinajstić information content (AvgIpc) is 3.19. The Morgan fingerprint density at radius 3 is 2.67 bits per heavy atom. The Morgan fingerprint density at radius 2 is 1.94 bits per heavy atom. The van der Waals surface area contributed by atoms with E-state index in [1.54, 1.807) is 66.2 Å². The number of rotatable bonds is 6. The predicted octanol–water partition coefficient (Wildman–Crippen LogP) is 3.35. The number of nitrogens with one attached hydrogen (secondary N) is 1. The van der Waals surface area contributed by atoms with Crippen LogP contribution in [0.4, 0.5) is 10.5 Å². The molecule has 4 amide bonds. The molecule has 9 heteroatoms. The molecule has 9 nitrogen and oxygen atoms in total. The molecule has 2 aromatic carbocycles. The number of carboxylic acids is 1. The van der Waals surface area contributed by atoms with Gasteiger partial charge in [0.05, 0.1) is 12.3 Å². The molecule has 1 aliphatic rings. The van der Waals surface area contributed by atoms with Crippen LogP contribution in [0.1, 0.15) is 25.5 Å². The average molecular weight is 447 g/mol. The standard InChI is InChI=1S/C24H21N3O6/c1-3-33-18-6-4-5-17(13-18)27-22(29)19(21(28)25-24(27)32)12-15-7-8-20-16(11-15)9-10-26(20)14(2)23(30)31/h4-14H,3H2,1-2H3,(H,30,31)(H,25,28,32)/b19-12+/t14-/m0/s1. The van der Waals surface area contributed by atoms with Gasteiger partial charge in [-0.05, 0) is 55.8 Å². The summed E-state index contributed by atoms with van der Waals surface area (Å²) in [4.78, 5) is 50.2. The summed E-state index contributed by atoms with van der Waals surface area (Å²) in [7, 11) is 0. The van der Waals surface area contributed by atoms with E-state index in [1.807, 2.05) is 6.92 Å². The van der Waals surface area contributed by atoms with E-state index in [4.69, 9.17) is 4.74 Å². The quantitative estimate of drug-likeness (QED) is 0.442. The van der Waals surface area contributed by atoms with Gasteiger partial charge in [0.15, 0.2) is 0 Å². The number of urea groups is 1. The zero-order chi connectivity index (χ0) is 23.7. The number of aliphatic carboxylic acids is 1. The van der Waals surface area contributed by atoms with Crippen LogP contribution in [0.25, 0.3) is 17.0 Å². The fourth-order valence-corrected chi connectivity index (χ4v) is 3.67. The number of hydrogen-bond donors (Lipinski definition) is 2. The number of anilines is 1. The number of barbiturate groups is 1. The lowest BCUT2D eigenvalue weighted by Crippen LogP contribution is -2.54. The number of carboxylic acid groups (broad SMARTS) is 1. The monoisotopic (exact) mass is 447 g/mol. The summed E-state index contributed by atoms with van der Waals surface area (Å²) in [5, 5.41) is 12.2. The van der Waals surface area contributed by atoms with Crippen LogP contribution in [0.5, 0.6) is 5.75 Å². The topological polar surface area (TPSA) is 118 Å². The van der Waals surface area contributed by atoms with Gasteiger partial charge in [-0.25, -0.2) is 14.5 Å². The molecule has 0 bridgehead atoms.